The van der Waals surface area contributed by atoms with Crippen LogP contribution >= 0.6 is 0 Å². The zero-order valence-electron chi connectivity index (χ0n) is 11.5. The highest BCUT2D eigenvalue weighted by Crippen LogP contribution is 2.15. The van der Waals surface area contributed by atoms with E-state index in [4.69, 9.17) is 0 Å². The molecule has 0 radical (unpaired) electrons. The first-order valence-corrected chi connectivity index (χ1v) is 6.35. The molecule has 18 heavy (non-hydrogen) atoms. The lowest BCUT2D eigenvalue weighted by molar-refractivity contribution is 0.0985. The molecule has 0 aliphatic carbocycles. The van der Waals surface area contributed by atoms with Crippen LogP contribution in [0.1, 0.15) is 49.5 Å². The topological polar surface area (TPSA) is 59.3 Å². The molecule has 1 heterocycles. The second-order valence-corrected chi connectivity index (χ2v) is 4.98. The average molecular weight is 251 g/mol. The minimum absolute atomic E-state index is 0.0641. The Balaban J connectivity index is 3.27. The van der Waals surface area contributed by atoms with Crippen molar-refractivity contribution in [2.24, 2.45) is 5.92 Å². The summed E-state index contributed by atoms with van der Waals surface area (Å²) in [5.74, 6) is 0.199. The van der Waals surface area contributed by atoms with Crippen LogP contribution in [0.5, 0.6) is 5.88 Å². The summed E-state index contributed by atoms with van der Waals surface area (Å²) in [5, 5.41) is 9.82. The summed E-state index contributed by atoms with van der Waals surface area (Å²) < 4.78 is 1.29. The molecule has 0 atom stereocenters. The standard InChI is InChI=1S/C14H21NO3/c1-5-11(16)13-10(4)8-12(17)15(14(13)18)7-6-9(2)3/h8-9,17H,5-7H2,1-4H3. The number of ketones is 1. The third-order valence-corrected chi connectivity index (χ3v) is 3.01. The van der Waals surface area contributed by atoms with Gasteiger partial charge in [-0.15, -0.1) is 0 Å². The summed E-state index contributed by atoms with van der Waals surface area (Å²) in [6.07, 6.45) is 1.08. The first-order valence-electron chi connectivity index (χ1n) is 6.35. The summed E-state index contributed by atoms with van der Waals surface area (Å²) in [7, 11) is 0. The number of aromatic hydroxyl groups is 1. The SMILES string of the molecule is CCC(=O)c1c(C)cc(O)n(CCC(C)C)c1=O. The number of hydrogen-bond acceptors (Lipinski definition) is 3. The van der Waals surface area contributed by atoms with Crippen molar-refractivity contribution in [2.45, 2.75) is 47.1 Å². The molecule has 1 aromatic rings. The van der Waals surface area contributed by atoms with Crippen molar-refractivity contribution < 1.29 is 9.90 Å². The van der Waals surface area contributed by atoms with E-state index in [2.05, 4.69) is 0 Å². The molecule has 0 amide bonds. The van der Waals surface area contributed by atoms with Crippen molar-refractivity contribution in [3.63, 3.8) is 0 Å². The number of nitrogens with zero attached hydrogens (tertiary/aromatic N) is 1. The fraction of sp³-hybridized carbons (Fsp3) is 0.571. The van der Waals surface area contributed by atoms with Gasteiger partial charge in [-0.25, -0.2) is 0 Å². The smallest absolute Gasteiger partial charge is 0.264 e. The van der Waals surface area contributed by atoms with E-state index in [-0.39, 0.29) is 22.8 Å². The lowest BCUT2D eigenvalue weighted by Gasteiger charge is -2.13. The van der Waals surface area contributed by atoms with E-state index in [0.29, 0.717) is 24.4 Å². The van der Waals surface area contributed by atoms with Gasteiger partial charge >= 0.3 is 0 Å². The van der Waals surface area contributed by atoms with Crippen LogP contribution in [-0.4, -0.2) is 15.5 Å². The number of aromatic nitrogens is 1. The number of hydrogen-bond donors (Lipinski definition) is 1. The Morgan fingerprint density at radius 1 is 1.44 bits per heavy atom. The Bertz CT molecular complexity index is 500. The van der Waals surface area contributed by atoms with Gasteiger partial charge < -0.3 is 5.11 Å². The molecule has 1 N–H and O–H groups in total. The lowest BCUT2D eigenvalue weighted by Crippen LogP contribution is -2.28. The molecule has 0 aliphatic rings. The molecular formula is C14H21NO3. The van der Waals surface area contributed by atoms with Crippen molar-refractivity contribution in [1.82, 2.24) is 4.57 Å². The van der Waals surface area contributed by atoms with Crippen LogP contribution in [0.2, 0.25) is 0 Å². The normalized spacial score (nSPS) is 10.9. The molecule has 100 valence electrons. The third-order valence-electron chi connectivity index (χ3n) is 3.01. The van der Waals surface area contributed by atoms with Crippen molar-refractivity contribution in [1.29, 1.82) is 0 Å². The molecule has 4 heteroatoms. The van der Waals surface area contributed by atoms with E-state index in [1.54, 1.807) is 13.8 Å². The molecule has 4 nitrogen and oxygen atoms in total. The first-order chi connectivity index (χ1) is 8.38. The van der Waals surface area contributed by atoms with E-state index in [1.807, 2.05) is 13.8 Å². The molecule has 0 unspecified atom stereocenters. The van der Waals surface area contributed by atoms with E-state index >= 15 is 0 Å². The quantitative estimate of drug-likeness (QED) is 0.818. The predicted molar refractivity (Wildman–Crippen MR) is 71.2 cm³/mol. The summed E-state index contributed by atoms with van der Waals surface area (Å²) in [5.41, 5.74) is 0.379. The van der Waals surface area contributed by atoms with Crippen LogP contribution in [0, 0.1) is 12.8 Å². The maximum Gasteiger partial charge on any atom is 0.264 e. The maximum atomic E-state index is 12.2. The molecule has 0 saturated heterocycles. The summed E-state index contributed by atoms with van der Waals surface area (Å²) in [6, 6.07) is 1.49. The molecule has 0 aromatic carbocycles. The molecule has 0 fully saturated rings. The van der Waals surface area contributed by atoms with Gasteiger partial charge in [0.25, 0.3) is 5.56 Å². The minimum atomic E-state index is -0.375. The van der Waals surface area contributed by atoms with Gasteiger partial charge in [-0.2, -0.15) is 0 Å². The van der Waals surface area contributed by atoms with E-state index in [9.17, 15) is 14.7 Å². The Hall–Kier alpha value is -1.58. The van der Waals surface area contributed by atoms with Gasteiger partial charge in [0, 0.05) is 19.0 Å². The minimum Gasteiger partial charge on any atom is -0.494 e. The van der Waals surface area contributed by atoms with E-state index in [0.717, 1.165) is 6.42 Å². The van der Waals surface area contributed by atoms with Gasteiger partial charge in [-0.1, -0.05) is 20.8 Å². The van der Waals surface area contributed by atoms with Crippen LogP contribution in [0.15, 0.2) is 10.9 Å². The van der Waals surface area contributed by atoms with E-state index in [1.165, 1.54) is 10.6 Å². The second-order valence-electron chi connectivity index (χ2n) is 4.98. The van der Waals surface area contributed by atoms with Gasteiger partial charge in [0.2, 0.25) is 0 Å². The number of carbonyl (C=O) groups excluding carboxylic acids is 1. The second kappa shape index (κ2) is 5.85. The van der Waals surface area contributed by atoms with Gasteiger partial charge in [0.1, 0.15) is 0 Å². The van der Waals surface area contributed by atoms with Gasteiger partial charge in [0.05, 0.1) is 5.56 Å². The maximum absolute atomic E-state index is 12.2. The van der Waals surface area contributed by atoms with Crippen molar-refractivity contribution in [2.75, 3.05) is 0 Å². The zero-order valence-corrected chi connectivity index (χ0v) is 11.5. The Labute approximate surface area is 107 Å². The fourth-order valence-electron chi connectivity index (χ4n) is 1.87. The van der Waals surface area contributed by atoms with Crippen LogP contribution in [-0.2, 0) is 6.54 Å². The molecule has 0 saturated carbocycles. The molecule has 0 aliphatic heterocycles. The lowest BCUT2D eigenvalue weighted by atomic mass is 10.0. The summed E-state index contributed by atoms with van der Waals surface area (Å²) >= 11 is 0. The largest absolute Gasteiger partial charge is 0.494 e. The number of Topliss-reactive ketones (excluding diaryl/α,β-unsaturated/α-hetero) is 1. The molecule has 1 aromatic heterocycles. The average Bonchev–Trinajstić information content (AvgIpc) is 2.27. The Kier molecular flexibility index (Phi) is 4.70. The zero-order chi connectivity index (χ0) is 13.9. The highest BCUT2D eigenvalue weighted by Gasteiger charge is 2.17. The summed E-state index contributed by atoms with van der Waals surface area (Å²) in [4.78, 5) is 24.0. The van der Waals surface area contributed by atoms with Crippen molar-refractivity contribution in [3.05, 3.63) is 27.5 Å². The van der Waals surface area contributed by atoms with Gasteiger partial charge in [-0.3, -0.25) is 14.2 Å². The highest BCUT2D eigenvalue weighted by molar-refractivity contribution is 5.96. The molecule has 0 spiro atoms. The van der Waals surface area contributed by atoms with Gasteiger partial charge in [0.15, 0.2) is 11.7 Å². The molecular weight excluding hydrogens is 230 g/mol. The van der Waals surface area contributed by atoms with Crippen molar-refractivity contribution in [3.8, 4) is 5.88 Å². The Morgan fingerprint density at radius 2 is 2.06 bits per heavy atom. The van der Waals surface area contributed by atoms with Gasteiger partial charge in [-0.05, 0) is 24.8 Å². The number of rotatable bonds is 5. The summed E-state index contributed by atoms with van der Waals surface area (Å²) in [6.45, 7) is 7.94. The Morgan fingerprint density at radius 3 is 2.56 bits per heavy atom. The predicted octanol–water partition coefficient (Wildman–Crippen LogP) is 2.50. The first kappa shape index (κ1) is 14.5. The third kappa shape index (κ3) is 3.00. The highest BCUT2D eigenvalue weighted by atomic mass is 16.3. The molecule has 1 rings (SSSR count). The van der Waals surface area contributed by atoms with Crippen LogP contribution in [0.3, 0.4) is 0 Å². The van der Waals surface area contributed by atoms with Crippen LogP contribution < -0.4 is 5.56 Å². The van der Waals surface area contributed by atoms with Crippen LogP contribution in [0.25, 0.3) is 0 Å². The number of pyridine rings is 1. The number of carbonyl (C=O) groups is 1. The number of aryl methyl sites for hydroxylation is 1. The molecule has 0 bridgehead atoms. The monoisotopic (exact) mass is 251 g/mol. The fourth-order valence-corrected chi connectivity index (χ4v) is 1.87. The van der Waals surface area contributed by atoms with E-state index < -0.39 is 0 Å². The van der Waals surface area contributed by atoms with Crippen LogP contribution in [0.4, 0.5) is 0 Å². The van der Waals surface area contributed by atoms with Crippen molar-refractivity contribution >= 4 is 5.78 Å².